The van der Waals surface area contributed by atoms with Crippen molar-refractivity contribution in [1.82, 2.24) is 4.98 Å². The fourth-order valence-electron chi connectivity index (χ4n) is 1.99. The number of hydrogen-bond donors (Lipinski definition) is 0. The molecule has 0 bridgehead atoms. The molecule has 0 radical (unpaired) electrons. The van der Waals surface area contributed by atoms with E-state index in [9.17, 15) is 0 Å². The van der Waals surface area contributed by atoms with Crippen LogP contribution < -0.4 is 9.14 Å². The van der Waals surface area contributed by atoms with Gasteiger partial charge in [-0.25, -0.2) is 4.98 Å². The number of rotatable bonds is 2. The zero-order valence-electron chi connectivity index (χ0n) is 10.4. The Hall–Kier alpha value is -1.94. The Morgan fingerprint density at radius 2 is 1.89 bits per heavy atom. The molecule has 3 nitrogen and oxygen atoms in total. The van der Waals surface area contributed by atoms with Crippen LogP contribution in [0.2, 0.25) is 0 Å². The van der Waals surface area contributed by atoms with Crippen molar-refractivity contribution in [3.05, 3.63) is 59.3 Å². The van der Waals surface area contributed by atoms with E-state index in [0.29, 0.717) is 5.88 Å². The molecule has 19 heavy (non-hydrogen) atoms. The lowest BCUT2D eigenvalue weighted by Crippen LogP contribution is -2.22. The molecule has 0 N–H and O–H groups in total. The summed E-state index contributed by atoms with van der Waals surface area (Å²) in [7, 11) is 1.64. The topological polar surface area (TPSA) is 26.2 Å². The van der Waals surface area contributed by atoms with Crippen LogP contribution in [-0.2, 0) is 0 Å². The van der Waals surface area contributed by atoms with Crippen molar-refractivity contribution in [2.45, 2.75) is 0 Å². The van der Waals surface area contributed by atoms with Gasteiger partial charge >= 0.3 is 0 Å². The van der Waals surface area contributed by atoms with E-state index < -0.39 is 0 Å². The van der Waals surface area contributed by atoms with Crippen LogP contribution in [-0.4, -0.2) is 12.1 Å². The van der Waals surface area contributed by atoms with E-state index >= 15 is 0 Å². The predicted octanol–water partition coefficient (Wildman–Crippen LogP) is 3.26. The molecular weight excluding hydrogens is 304 g/mol. The molecule has 0 aliphatic carbocycles. The van der Waals surface area contributed by atoms with Crippen LogP contribution in [0, 0.1) is 0 Å². The van der Waals surface area contributed by atoms with Crippen molar-refractivity contribution < 1.29 is 9.14 Å². The second-order valence-electron chi connectivity index (χ2n) is 4.14. The minimum absolute atomic E-state index is 0.626. The number of fused-ring (bicyclic) bond motifs is 1. The van der Waals surface area contributed by atoms with Crippen LogP contribution in [0.3, 0.4) is 0 Å². The maximum absolute atomic E-state index is 5.37. The number of pyridine rings is 1. The lowest BCUT2D eigenvalue weighted by Gasteiger charge is -2.03. The first kappa shape index (κ1) is 12.1. The van der Waals surface area contributed by atoms with Gasteiger partial charge in [-0.05, 0) is 18.2 Å². The third-order valence-corrected chi connectivity index (χ3v) is 3.45. The Bertz CT molecular complexity index is 726. The van der Waals surface area contributed by atoms with E-state index in [1.54, 1.807) is 7.11 Å². The summed E-state index contributed by atoms with van der Waals surface area (Å²) in [4.78, 5) is 4.56. The van der Waals surface area contributed by atoms with E-state index in [0.717, 1.165) is 21.2 Å². The molecule has 0 saturated carbocycles. The molecule has 3 aromatic rings. The van der Waals surface area contributed by atoms with Crippen molar-refractivity contribution in [3.63, 3.8) is 0 Å². The Morgan fingerprint density at radius 1 is 1.11 bits per heavy atom. The van der Waals surface area contributed by atoms with Gasteiger partial charge in [-0.3, -0.25) is 0 Å². The number of aromatic nitrogens is 2. The van der Waals surface area contributed by atoms with Gasteiger partial charge < -0.3 is 4.74 Å². The van der Waals surface area contributed by atoms with E-state index in [1.165, 1.54) is 0 Å². The summed E-state index contributed by atoms with van der Waals surface area (Å²) in [5.41, 5.74) is 2.89. The lowest BCUT2D eigenvalue weighted by atomic mass is 10.1. The van der Waals surface area contributed by atoms with Crippen LogP contribution in [0.1, 0.15) is 0 Å². The first-order valence-corrected chi connectivity index (χ1v) is 6.68. The summed E-state index contributed by atoms with van der Waals surface area (Å²) in [5, 5.41) is 0. The molecule has 2 heterocycles. The van der Waals surface area contributed by atoms with Gasteiger partial charge in [0.25, 0.3) is 11.4 Å². The first-order valence-electron chi connectivity index (χ1n) is 5.89. The highest BCUT2D eigenvalue weighted by Crippen LogP contribution is 2.22. The van der Waals surface area contributed by atoms with Gasteiger partial charge in [0.15, 0.2) is 6.20 Å². The van der Waals surface area contributed by atoms with Crippen molar-refractivity contribution in [1.29, 1.82) is 0 Å². The quantitative estimate of drug-likeness (QED) is 0.678. The Kier molecular flexibility index (Phi) is 3.17. The SMILES string of the molecule is COc1nc(-c2ccc(Br)cc2)c[n+]2ccccc12. The van der Waals surface area contributed by atoms with Gasteiger partial charge in [0.1, 0.15) is 5.69 Å². The van der Waals surface area contributed by atoms with E-state index in [2.05, 4.69) is 20.9 Å². The van der Waals surface area contributed by atoms with Crippen LogP contribution >= 0.6 is 15.9 Å². The summed E-state index contributed by atoms with van der Waals surface area (Å²) in [6, 6.07) is 14.0. The van der Waals surface area contributed by atoms with Crippen molar-refractivity contribution >= 4 is 21.4 Å². The largest absolute Gasteiger partial charge is 0.476 e. The molecule has 0 fully saturated rings. The molecule has 94 valence electrons. The van der Waals surface area contributed by atoms with Crippen molar-refractivity contribution in [3.8, 4) is 17.1 Å². The number of hydrogen-bond acceptors (Lipinski definition) is 2. The summed E-state index contributed by atoms with van der Waals surface area (Å²) >= 11 is 3.44. The molecule has 0 saturated heterocycles. The fraction of sp³-hybridized carbons (Fsp3) is 0.0667. The third-order valence-electron chi connectivity index (χ3n) is 2.93. The summed E-state index contributed by atoms with van der Waals surface area (Å²) < 4.78 is 8.44. The molecule has 0 atom stereocenters. The molecule has 0 amide bonds. The monoisotopic (exact) mass is 315 g/mol. The van der Waals surface area contributed by atoms with Crippen LogP contribution in [0.5, 0.6) is 5.88 Å². The standard InChI is InChI=1S/C15H12BrN2O/c1-19-15-14-4-2-3-9-18(14)10-13(17-15)11-5-7-12(16)8-6-11/h2-10H,1H3/q+1. The van der Waals surface area contributed by atoms with Gasteiger partial charge in [0, 0.05) is 22.2 Å². The molecule has 0 unspecified atom stereocenters. The van der Waals surface area contributed by atoms with E-state index in [-0.39, 0.29) is 0 Å². The molecule has 0 aliphatic heterocycles. The molecule has 1 aromatic carbocycles. The molecule has 4 heteroatoms. The van der Waals surface area contributed by atoms with Gasteiger partial charge in [-0.2, -0.15) is 4.40 Å². The van der Waals surface area contributed by atoms with Gasteiger partial charge in [0.05, 0.1) is 7.11 Å². The normalized spacial score (nSPS) is 10.6. The summed E-state index contributed by atoms with van der Waals surface area (Å²) in [6.07, 6.45) is 3.99. The average molecular weight is 316 g/mol. The van der Waals surface area contributed by atoms with Gasteiger partial charge in [-0.1, -0.05) is 28.1 Å². The van der Waals surface area contributed by atoms with Crippen LogP contribution in [0.25, 0.3) is 16.8 Å². The Labute approximate surface area is 119 Å². The number of benzene rings is 1. The lowest BCUT2D eigenvalue weighted by molar-refractivity contribution is -0.512. The minimum Gasteiger partial charge on any atom is -0.476 e. The van der Waals surface area contributed by atoms with Crippen LogP contribution in [0.15, 0.2) is 59.3 Å². The smallest absolute Gasteiger partial charge is 0.288 e. The van der Waals surface area contributed by atoms with Crippen LogP contribution in [0.4, 0.5) is 0 Å². The maximum atomic E-state index is 5.37. The highest BCUT2D eigenvalue weighted by atomic mass is 79.9. The minimum atomic E-state index is 0.626. The van der Waals surface area contributed by atoms with Gasteiger partial charge in [-0.15, -0.1) is 0 Å². The number of halogens is 1. The number of nitrogens with zero attached hydrogens (tertiary/aromatic N) is 2. The molecular formula is C15H12BrN2O+. The van der Waals surface area contributed by atoms with Gasteiger partial charge in [0.2, 0.25) is 6.20 Å². The van der Waals surface area contributed by atoms with E-state index in [1.807, 2.05) is 59.3 Å². The number of methoxy groups -OCH3 is 1. The predicted molar refractivity (Wildman–Crippen MR) is 77.1 cm³/mol. The van der Waals surface area contributed by atoms with Crippen molar-refractivity contribution in [2.24, 2.45) is 0 Å². The molecule has 0 spiro atoms. The second-order valence-corrected chi connectivity index (χ2v) is 5.05. The van der Waals surface area contributed by atoms with E-state index in [4.69, 9.17) is 4.74 Å². The Balaban J connectivity index is 2.22. The zero-order chi connectivity index (χ0) is 13.2. The molecule has 3 rings (SSSR count). The zero-order valence-corrected chi connectivity index (χ0v) is 12.0. The third kappa shape index (κ3) is 2.31. The maximum Gasteiger partial charge on any atom is 0.288 e. The Morgan fingerprint density at radius 3 is 2.63 bits per heavy atom. The average Bonchev–Trinajstić information content (AvgIpc) is 2.47. The second kappa shape index (κ2) is 4.97. The first-order chi connectivity index (χ1) is 9.28. The molecule has 2 aromatic heterocycles. The van der Waals surface area contributed by atoms with Crippen molar-refractivity contribution in [2.75, 3.05) is 7.11 Å². The summed E-state index contributed by atoms with van der Waals surface area (Å²) in [5.74, 6) is 0.626. The fourth-order valence-corrected chi connectivity index (χ4v) is 2.25. The highest BCUT2D eigenvalue weighted by Gasteiger charge is 2.14. The highest BCUT2D eigenvalue weighted by molar-refractivity contribution is 9.10. The molecule has 0 aliphatic rings. The summed E-state index contributed by atoms with van der Waals surface area (Å²) in [6.45, 7) is 0. The number of ether oxygens (including phenoxy) is 1.